The molecular weight excluding hydrogens is 164 g/mol. The van der Waals surface area contributed by atoms with E-state index in [0.29, 0.717) is 16.6 Å². The zero-order valence-electron chi connectivity index (χ0n) is 5.53. The predicted molar refractivity (Wildman–Crippen MR) is 42.4 cm³/mol. The first-order valence-corrected chi connectivity index (χ1v) is 3.40. The fraction of sp³-hybridized carbons (Fsp3) is 0. The van der Waals surface area contributed by atoms with Crippen LogP contribution in [0.1, 0.15) is 0 Å². The first-order chi connectivity index (χ1) is 5.29. The molecule has 11 heavy (non-hydrogen) atoms. The van der Waals surface area contributed by atoms with Gasteiger partial charge in [0.25, 0.3) is 0 Å². The number of anilines is 1. The summed E-state index contributed by atoms with van der Waals surface area (Å²) in [5.74, 6) is 0.560. The highest BCUT2D eigenvalue weighted by molar-refractivity contribution is 6.32. The minimum Gasteiger partial charge on any atom is -0.383 e. The molecule has 0 atom stereocenters. The molecule has 0 saturated heterocycles. The Morgan fingerprint density at radius 1 is 1.45 bits per heavy atom. The summed E-state index contributed by atoms with van der Waals surface area (Å²) in [5.41, 5.74) is 6.15. The van der Waals surface area contributed by atoms with E-state index < -0.39 is 0 Å². The van der Waals surface area contributed by atoms with Gasteiger partial charge in [-0.3, -0.25) is 4.40 Å². The normalized spacial score (nSPS) is 10.6. The molecule has 0 bridgehead atoms. The number of halogens is 1. The molecule has 2 N–H and O–H groups in total. The number of nitrogens with zero attached hydrogens (tertiary/aromatic N) is 3. The molecule has 0 saturated carbocycles. The summed E-state index contributed by atoms with van der Waals surface area (Å²) in [6.45, 7) is 0. The summed E-state index contributed by atoms with van der Waals surface area (Å²) >= 11 is 5.72. The zero-order chi connectivity index (χ0) is 7.84. The standard InChI is InChI=1S/C6H5ClN4/c7-5-6-10-3-4(8)11(6)2-1-9-5/h1-3H,8H2. The summed E-state index contributed by atoms with van der Waals surface area (Å²) in [4.78, 5) is 7.81. The number of fused-ring (bicyclic) bond motifs is 1. The third-order valence-electron chi connectivity index (χ3n) is 1.41. The molecule has 0 amide bonds. The number of nitrogens with two attached hydrogens (primary N) is 1. The topological polar surface area (TPSA) is 56.2 Å². The van der Waals surface area contributed by atoms with Crippen molar-refractivity contribution in [3.05, 3.63) is 23.7 Å². The second-order valence-corrected chi connectivity index (χ2v) is 2.45. The van der Waals surface area contributed by atoms with Gasteiger partial charge in [0.05, 0.1) is 6.20 Å². The summed E-state index contributed by atoms with van der Waals surface area (Å²) in [7, 11) is 0. The van der Waals surface area contributed by atoms with Crippen LogP contribution in [0, 0.1) is 0 Å². The Bertz CT molecular complexity index is 394. The molecule has 0 aromatic carbocycles. The fourth-order valence-corrected chi connectivity index (χ4v) is 1.10. The van der Waals surface area contributed by atoms with E-state index in [1.165, 1.54) is 0 Å². The highest BCUT2D eigenvalue weighted by Gasteiger charge is 2.02. The molecule has 2 heterocycles. The molecule has 2 rings (SSSR count). The summed E-state index contributed by atoms with van der Waals surface area (Å²) < 4.78 is 1.68. The molecule has 0 aliphatic rings. The van der Waals surface area contributed by atoms with Crippen LogP contribution in [-0.4, -0.2) is 14.4 Å². The third-order valence-corrected chi connectivity index (χ3v) is 1.68. The van der Waals surface area contributed by atoms with Gasteiger partial charge in [-0.25, -0.2) is 9.97 Å². The summed E-state index contributed by atoms with van der Waals surface area (Å²) in [5, 5.41) is 0.365. The first kappa shape index (κ1) is 6.42. The van der Waals surface area contributed by atoms with Crippen molar-refractivity contribution in [3.8, 4) is 0 Å². The molecule has 0 fully saturated rings. The molecular formula is C6H5ClN4. The Morgan fingerprint density at radius 3 is 3.00 bits per heavy atom. The van der Waals surface area contributed by atoms with Gasteiger partial charge in [0.15, 0.2) is 10.8 Å². The van der Waals surface area contributed by atoms with Gasteiger partial charge in [-0.2, -0.15) is 0 Å². The quantitative estimate of drug-likeness (QED) is 0.638. The summed E-state index contributed by atoms with van der Waals surface area (Å²) in [6, 6.07) is 0. The lowest BCUT2D eigenvalue weighted by atomic mass is 10.7. The molecule has 0 unspecified atom stereocenters. The van der Waals surface area contributed by atoms with Crippen molar-refractivity contribution < 1.29 is 0 Å². The van der Waals surface area contributed by atoms with Crippen molar-refractivity contribution in [1.82, 2.24) is 14.4 Å². The van der Waals surface area contributed by atoms with Crippen molar-refractivity contribution in [2.24, 2.45) is 0 Å². The van der Waals surface area contributed by atoms with Gasteiger partial charge in [-0.05, 0) is 0 Å². The maximum atomic E-state index is 5.72. The maximum absolute atomic E-state index is 5.72. The van der Waals surface area contributed by atoms with Gasteiger partial charge in [-0.15, -0.1) is 0 Å². The number of nitrogen functional groups attached to an aromatic ring is 1. The monoisotopic (exact) mass is 168 g/mol. The lowest BCUT2D eigenvalue weighted by Gasteiger charge is -1.94. The van der Waals surface area contributed by atoms with E-state index in [1.807, 2.05) is 0 Å². The van der Waals surface area contributed by atoms with Crippen LogP contribution < -0.4 is 5.73 Å². The van der Waals surface area contributed by atoms with Crippen molar-refractivity contribution in [3.63, 3.8) is 0 Å². The number of aromatic nitrogens is 3. The number of rotatable bonds is 0. The molecule has 2 aromatic rings. The van der Waals surface area contributed by atoms with E-state index in [4.69, 9.17) is 17.3 Å². The number of hydrogen-bond donors (Lipinski definition) is 1. The predicted octanol–water partition coefficient (Wildman–Crippen LogP) is 0.965. The van der Waals surface area contributed by atoms with Gasteiger partial charge < -0.3 is 5.73 Å². The number of hydrogen-bond acceptors (Lipinski definition) is 3. The van der Waals surface area contributed by atoms with E-state index in [9.17, 15) is 0 Å². The van der Waals surface area contributed by atoms with E-state index in [1.54, 1.807) is 23.0 Å². The molecule has 4 nitrogen and oxygen atoms in total. The van der Waals surface area contributed by atoms with E-state index in [-0.39, 0.29) is 0 Å². The Balaban J connectivity index is 2.94. The molecule has 0 spiro atoms. The Morgan fingerprint density at radius 2 is 2.27 bits per heavy atom. The third kappa shape index (κ3) is 0.832. The smallest absolute Gasteiger partial charge is 0.176 e. The second kappa shape index (κ2) is 2.10. The maximum Gasteiger partial charge on any atom is 0.176 e. The Labute approximate surface area is 67.6 Å². The van der Waals surface area contributed by atoms with Crippen LogP contribution in [-0.2, 0) is 0 Å². The highest BCUT2D eigenvalue weighted by atomic mass is 35.5. The van der Waals surface area contributed by atoms with Crippen LogP contribution in [0.2, 0.25) is 5.15 Å². The molecule has 2 aromatic heterocycles. The minimum atomic E-state index is 0.365. The van der Waals surface area contributed by atoms with Crippen molar-refractivity contribution in [2.75, 3.05) is 5.73 Å². The fourth-order valence-electron chi connectivity index (χ4n) is 0.906. The van der Waals surface area contributed by atoms with Crippen molar-refractivity contribution >= 4 is 23.1 Å². The number of imidazole rings is 1. The minimum absolute atomic E-state index is 0.365. The molecule has 0 aliphatic carbocycles. The van der Waals surface area contributed by atoms with Crippen LogP contribution in [0.3, 0.4) is 0 Å². The van der Waals surface area contributed by atoms with E-state index in [0.717, 1.165) is 0 Å². The largest absolute Gasteiger partial charge is 0.383 e. The lowest BCUT2D eigenvalue weighted by molar-refractivity contribution is 1.13. The lowest BCUT2D eigenvalue weighted by Crippen LogP contribution is -1.92. The molecule has 0 radical (unpaired) electrons. The second-order valence-electron chi connectivity index (χ2n) is 2.09. The Hall–Kier alpha value is -1.29. The SMILES string of the molecule is Nc1cnc2c(Cl)nccn12. The van der Waals surface area contributed by atoms with E-state index in [2.05, 4.69) is 9.97 Å². The average molecular weight is 169 g/mol. The van der Waals surface area contributed by atoms with Crippen molar-refractivity contribution in [2.45, 2.75) is 0 Å². The Kier molecular flexibility index (Phi) is 1.22. The molecule has 5 heteroatoms. The van der Waals surface area contributed by atoms with Gasteiger partial charge in [0.1, 0.15) is 5.82 Å². The van der Waals surface area contributed by atoms with Crippen LogP contribution in [0.4, 0.5) is 5.82 Å². The van der Waals surface area contributed by atoms with E-state index >= 15 is 0 Å². The first-order valence-electron chi connectivity index (χ1n) is 3.02. The van der Waals surface area contributed by atoms with Gasteiger partial charge >= 0.3 is 0 Å². The van der Waals surface area contributed by atoms with Gasteiger partial charge in [0, 0.05) is 12.4 Å². The molecule has 56 valence electrons. The van der Waals surface area contributed by atoms with Crippen molar-refractivity contribution in [1.29, 1.82) is 0 Å². The van der Waals surface area contributed by atoms with Crippen LogP contribution in [0.5, 0.6) is 0 Å². The van der Waals surface area contributed by atoms with Gasteiger partial charge in [0.2, 0.25) is 0 Å². The van der Waals surface area contributed by atoms with Gasteiger partial charge in [-0.1, -0.05) is 11.6 Å². The highest BCUT2D eigenvalue weighted by Crippen LogP contribution is 2.14. The average Bonchev–Trinajstić information content (AvgIpc) is 2.35. The summed E-state index contributed by atoms with van der Waals surface area (Å²) in [6.07, 6.45) is 4.83. The van der Waals surface area contributed by atoms with Crippen LogP contribution >= 0.6 is 11.6 Å². The van der Waals surface area contributed by atoms with Crippen LogP contribution in [0.25, 0.3) is 5.65 Å². The zero-order valence-corrected chi connectivity index (χ0v) is 6.28. The van der Waals surface area contributed by atoms with Crippen LogP contribution in [0.15, 0.2) is 18.6 Å². The molecule has 0 aliphatic heterocycles.